The Morgan fingerprint density at radius 3 is 2.05 bits per heavy atom. The van der Waals surface area contributed by atoms with Crippen molar-refractivity contribution in [3.8, 4) is 0 Å². The fourth-order valence-electron chi connectivity index (χ4n) is 2.34. The summed E-state index contributed by atoms with van der Waals surface area (Å²) in [6, 6.07) is 8.38. The highest BCUT2D eigenvalue weighted by atomic mass is 16.7. The van der Waals surface area contributed by atoms with Gasteiger partial charge in [0, 0.05) is 12.2 Å². The Labute approximate surface area is 129 Å². The molecule has 1 saturated heterocycles. The molecule has 2 rings (SSSR count). The van der Waals surface area contributed by atoms with E-state index in [1.165, 1.54) is 19.3 Å². The molecule has 0 saturated carbocycles. The van der Waals surface area contributed by atoms with Crippen LogP contribution in [0, 0.1) is 0 Å². The van der Waals surface area contributed by atoms with Gasteiger partial charge >= 0.3 is 7.12 Å². The van der Waals surface area contributed by atoms with Gasteiger partial charge in [-0.1, -0.05) is 31.9 Å². The van der Waals surface area contributed by atoms with Crippen LogP contribution in [0.5, 0.6) is 0 Å². The van der Waals surface area contributed by atoms with Crippen LogP contribution in [0.25, 0.3) is 0 Å². The molecular weight excluding hydrogens is 261 g/mol. The summed E-state index contributed by atoms with van der Waals surface area (Å²) < 4.78 is 12.1. The molecule has 4 heteroatoms. The van der Waals surface area contributed by atoms with Gasteiger partial charge < -0.3 is 14.6 Å². The van der Waals surface area contributed by atoms with Gasteiger partial charge in [0.2, 0.25) is 0 Å². The molecule has 0 amide bonds. The molecule has 116 valence electrons. The Hall–Kier alpha value is -0.995. The molecule has 1 fully saturated rings. The second kappa shape index (κ2) is 6.41. The minimum absolute atomic E-state index is 0.274. The highest BCUT2D eigenvalue weighted by Gasteiger charge is 2.51. The van der Waals surface area contributed by atoms with E-state index in [2.05, 4.69) is 64.2 Å². The Bertz CT molecular complexity index is 440. The summed E-state index contributed by atoms with van der Waals surface area (Å²) in [6.45, 7) is 11.6. The Balaban J connectivity index is 1.94. The fourth-order valence-corrected chi connectivity index (χ4v) is 2.34. The molecule has 0 bridgehead atoms. The van der Waals surface area contributed by atoms with Crippen LogP contribution in [0.2, 0.25) is 0 Å². The summed E-state index contributed by atoms with van der Waals surface area (Å²) >= 11 is 0. The van der Waals surface area contributed by atoms with Crippen molar-refractivity contribution in [3.05, 3.63) is 24.3 Å². The van der Waals surface area contributed by atoms with Crippen molar-refractivity contribution in [2.45, 2.75) is 65.1 Å². The van der Waals surface area contributed by atoms with E-state index in [0.717, 1.165) is 17.7 Å². The number of hydrogen-bond acceptors (Lipinski definition) is 3. The van der Waals surface area contributed by atoms with E-state index in [1.54, 1.807) is 0 Å². The van der Waals surface area contributed by atoms with Crippen molar-refractivity contribution < 1.29 is 9.31 Å². The predicted octanol–water partition coefficient (Wildman–Crippen LogP) is 3.59. The maximum atomic E-state index is 6.06. The van der Waals surface area contributed by atoms with Crippen LogP contribution in [0.15, 0.2) is 24.3 Å². The Morgan fingerprint density at radius 2 is 1.52 bits per heavy atom. The second-order valence-electron chi connectivity index (χ2n) is 6.84. The Kier molecular flexibility index (Phi) is 5.00. The van der Waals surface area contributed by atoms with Crippen LogP contribution < -0.4 is 10.8 Å². The van der Waals surface area contributed by atoms with Crippen molar-refractivity contribution in [1.82, 2.24) is 0 Å². The molecule has 1 aromatic carbocycles. The third-order valence-corrected chi connectivity index (χ3v) is 4.55. The first-order chi connectivity index (χ1) is 9.86. The lowest BCUT2D eigenvalue weighted by Crippen LogP contribution is -2.41. The number of rotatable bonds is 6. The molecule has 1 aliphatic heterocycles. The molecule has 0 radical (unpaired) electrons. The molecule has 0 atom stereocenters. The van der Waals surface area contributed by atoms with E-state index >= 15 is 0 Å². The van der Waals surface area contributed by atoms with Crippen LogP contribution in [-0.4, -0.2) is 24.9 Å². The molecule has 0 unspecified atom stereocenters. The number of benzene rings is 1. The molecule has 0 aromatic heterocycles. The minimum Gasteiger partial charge on any atom is -0.399 e. The molecule has 1 N–H and O–H groups in total. The van der Waals surface area contributed by atoms with Gasteiger partial charge in [0.25, 0.3) is 0 Å². The zero-order valence-electron chi connectivity index (χ0n) is 14.0. The van der Waals surface area contributed by atoms with Gasteiger partial charge in [0.1, 0.15) is 0 Å². The van der Waals surface area contributed by atoms with Gasteiger partial charge in [0.15, 0.2) is 0 Å². The average molecular weight is 289 g/mol. The van der Waals surface area contributed by atoms with Crippen LogP contribution >= 0.6 is 0 Å². The van der Waals surface area contributed by atoms with Gasteiger partial charge in [-0.3, -0.25) is 0 Å². The highest BCUT2D eigenvalue weighted by Crippen LogP contribution is 2.36. The smallest absolute Gasteiger partial charge is 0.399 e. The first-order valence-corrected chi connectivity index (χ1v) is 8.05. The molecule has 3 nitrogen and oxygen atoms in total. The highest BCUT2D eigenvalue weighted by molar-refractivity contribution is 6.62. The second-order valence-corrected chi connectivity index (χ2v) is 6.84. The number of anilines is 1. The largest absolute Gasteiger partial charge is 0.494 e. The van der Waals surface area contributed by atoms with E-state index in [1.807, 2.05) is 0 Å². The molecular formula is C17H28BNO2. The van der Waals surface area contributed by atoms with Gasteiger partial charge in [-0.25, -0.2) is 0 Å². The summed E-state index contributed by atoms with van der Waals surface area (Å²) in [5.41, 5.74) is 1.67. The van der Waals surface area contributed by atoms with Crippen molar-refractivity contribution >= 4 is 18.3 Å². The minimum atomic E-state index is -0.283. The molecule has 21 heavy (non-hydrogen) atoms. The van der Waals surface area contributed by atoms with E-state index in [-0.39, 0.29) is 18.3 Å². The van der Waals surface area contributed by atoms with Crippen molar-refractivity contribution in [3.63, 3.8) is 0 Å². The fraction of sp³-hybridized carbons (Fsp3) is 0.647. The summed E-state index contributed by atoms with van der Waals surface area (Å²) in [5.74, 6) is 0. The zero-order valence-corrected chi connectivity index (χ0v) is 14.0. The molecule has 1 aliphatic rings. The SMILES string of the molecule is CCCCCNc1ccc(B2OC(C)(C)C(C)(C)O2)cc1. The van der Waals surface area contributed by atoms with Crippen molar-refractivity contribution in [1.29, 1.82) is 0 Å². The maximum absolute atomic E-state index is 6.06. The molecule has 1 heterocycles. The van der Waals surface area contributed by atoms with E-state index in [4.69, 9.17) is 9.31 Å². The number of hydrogen-bond donors (Lipinski definition) is 1. The van der Waals surface area contributed by atoms with Gasteiger partial charge in [0.05, 0.1) is 11.2 Å². The van der Waals surface area contributed by atoms with E-state index in [9.17, 15) is 0 Å². The van der Waals surface area contributed by atoms with Crippen LogP contribution in [-0.2, 0) is 9.31 Å². The van der Waals surface area contributed by atoms with E-state index < -0.39 is 0 Å². The number of unbranched alkanes of at least 4 members (excludes halogenated alkanes) is 2. The lowest BCUT2D eigenvalue weighted by molar-refractivity contribution is 0.00578. The first-order valence-electron chi connectivity index (χ1n) is 8.05. The summed E-state index contributed by atoms with van der Waals surface area (Å²) in [5, 5.41) is 3.45. The summed E-state index contributed by atoms with van der Waals surface area (Å²) in [7, 11) is -0.274. The lowest BCUT2D eigenvalue weighted by atomic mass is 9.79. The monoisotopic (exact) mass is 289 g/mol. The Morgan fingerprint density at radius 1 is 0.952 bits per heavy atom. The lowest BCUT2D eigenvalue weighted by Gasteiger charge is -2.32. The standard InChI is InChI=1S/C17H28BNO2/c1-6-7-8-13-19-15-11-9-14(10-12-15)18-20-16(2,3)17(4,5)21-18/h9-12,19H,6-8,13H2,1-5H3. The van der Waals surface area contributed by atoms with Crippen LogP contribution in [0.4, 0.5) is 5.69 Å². The van der Waals surface area contributed by atoms with E-state index in [0.29, 0.717) is 0 Å². The van der Waals surface area contributed by atoms with Gasteiger partial charge in [-0.05, 0) is 51.7 Å². The molecule has 0 spiro atoms. The van der Waals surface area contributed by atoms with Crippen molar-refractivity contribution in [2.75, 3.05) is 11.9 Å². The molecule has 1 aromatic rings. The molecule has 0 aliphatic carbocycles. The summed E-state index contributed by atoms with van der Waals surface area (Å²) in [6.07, 6.45) is 3.75. The van der Waals surface area contributed by atoms with Gasteiger partial charge in [-0.2, -0.15) is 0 Å². The average Bonchev–Trinajstić information content (AvgIpc) is 2.64. The van der Waals surface area contributed by atoms with Crippen molar-refractivity contribution in [2.24, 2.45) is 0 Å². The first kappa shape index (κ1) is 16.4. The number of nitrogens with one attached hydrogen (secondary N) is 1. The zero-order chi connectivity index (χ0) is 15.5. The van der Waals surface area contributed by atoms with Crippen LogP contribution in [0.1, 0.15) is 53.9 Å². The summed E-state index contributed by atoms with van der Waals surface area (Å²) in [4.78, 5) is 0. The quantitative estimate of drug-likeness (QED) is 0.641. The maximum Gasteiger partial charge on any atom is 0.494 e. The topological polar surface area (TPSA) is 30.5 Å². The predicted molar refractivity (Wildman–Crippen MR) is 90.2 cm³/mol. The third kappa shape index (κ3) is 3.80. The van der Waals surface area contributed by atoms with Crippen LogP contribution in [0.3, 0.4) is 0 Å². The van der Waals surface area contributed by atoms with Gasteiger partial charge in [-0.15, -0.1) is 0 Å². The normalized spacial score (nSPS) is 19.8. The third-order valence-electron chi connectivity index (χ3n) is 4.55.